The van der Waals surface area contributed by atoms with Gasteiger partial charge in [-0.2, -0.15) is 0 Å². The summed E-state index contributed by atoms with van der Waals surface area (Å²) < 4.78 is 5.47. The van der Waals surface area contributed by atoms with Gasteiger partial charge in [0.25, 0.3) is 0 Å². The maximum atomic E-state index is 11.8. The third-order valence-corrected chi connectivity index (χ3v) is 2.82. The lowest BCUT2D eigenvalue weighted by Crippen LogP contribution is -2.11. The van der Waals surface area contributed by atoms with Crippen LogP contribution in [0.5, 0.6) is 5.75 Å². The number of carbonyl (C=O) groups excluding carboxylic acids is 1. The van der Waals surface area contributed by atoms with Crippen molar-refractivity contribution in [2.75, 3.05) is 13.2 Å². The van der Waals surface area contributed by atoms with Crippen LogP contribution in [0.25, 0.3) is 0 Å². The van der Waals surface area contributed by atoms with Gasteiger partial charge in [-0.25, -0.2) is 0 Å². The summed E-state index contributed by atoms with van der Waals surface area (Å²) in [6.07, 6.45) is 0.850. The number of benzene rings is 2. The second kappa shape index (κ2) is 6.71. The number of nitrogens with two attached hydrogens (primary N) is 1. The minimum atomic E-state index is -0.0216. The van der Waals surface area contributed by atoms with E-state index in [0.29, 0.717) is 17.9 Å². The largest absolute Gasteiger partial charge is 0.485 e. The maximum Gasteiger partial charge on any atom is 0.200 e. The molecule has 3 nitrogen and oxygen atoms in total. The van der Waals surface area contributed by atoms with Gasteiger partial charge in [-0.3, -0.25) is 4.79 Å². The van der Waals surface area contributed by atoms with Gasteiger partial charge in [0.15, 0.2) is 12.4 Å². The van der Waals surface area contributed by atoms with Crippen LogP contribution in [0.3, 0.4) is 0 Å². The van der Waals surface area contributed by atoms with Crippen molar-refractivity contribution >= 4 is 5.78 Å². The van der Waals surface area contributed by atoms with Crippen LogP contribution >= 0.6 is 0 Å². The summed E-state index contributed by atoms with van der Waals surface area (Å²) in [6, 6.07) is 16.8. The smallest absolute Gasteiger partial charge is 0.200 e. The van der Waals surface area contributed by atoms with Gasteiger partial charge in [-0.05, 0) is 30.7 Å². The first-order valence-electron chi connectivity index (χ1n) is 6.29. The topological polar surface area (TPSA) is 52.3 Å². The molecular weight excluding hydrogens is 238 g/mol. The normalized spacial score (nSPS) is 10.2. The molecule has 0 heterocycles. The molecular formula is C16H17NO2. The lowest BCUT2D eigenvalue weighted by atomic mass is 10.1. The zero-order chi connectivity index (χ0) is 13.5. The van der Waals surface area contributed by atoms with Crippen LogP contribution in [0.1, 0.15) is 15.9 Å². The number of hydrogen-bond donors (Lipinski definition) is 1. The number of ketones is 1. The van der Waals surface area contributed by atoms with Crippen molar-refractivity contribution in [1.82, 2.24) is 0 Å². The number of ether oxygens (including phenoxy) is 1. The summed E-state index contributed by atoms with van der Waals surface area (Å²) >= 11 is 0. The second-order valence-electron chi connectivity index (χ2n) is 4.26. The van der Waals surface area contributed by atoms with Gasteiger partial charge in [0.2, 0.25) is 0 Å². The van der Waals surface area contributed by atoms with Gasteiger partial charge in [0, 0.05) is 5.56 Å². The summed E-state index contributed by atoms with van der Waals surface area (Å²) in [5, 5.41) is 0. The van der Waals surface area contributed by atoms with E-state index < -0.39 is 0 Å². The monoisotopic (exact) mass is 255 g/mol. The fourth-order valence-corrected chi connectivity index (χ4v) is 1.78. The molecule has 2 aromatic carbocycles. The Morgan fingerprint density at radius 3 is 2.32 bits per heavy atom. The van der Waals surface area contributed by atoms with E-state index in [2.05, 4.69) is 0 Å². The van der Waals surface area contributed by atoms with E-state index in [1.807, 2.05) is 42.5 Å². The maximum absolute atomic E-state index is 11.8. The fourth-order valence-electron chi connectivity index (χ4n) is 1.78. The Morgan fingerprint density at radius 1 is 1.00 bits per heavy atom. The average Bonchev–Trinajstić information content (AvgIpc) is 2.47. The van der Waals surface area contributed by atoms with Crippen LogP contribution in [-0.4, -0.2) is 18.9 Å². The Bertz CT molecular complexity index is 520. The Hall–Kier alpha value is -2.13. The molecule has 0 aliphatic rings. The van der Waals surface area contributed by atoms with Crippen LogP contribution in [0.4, 0.5) is 0 Å². The molecule has 2 rings (SSSR count). The van der Waals surface area contributed by atoms with Gasteiger partial charge in [-0.1, -0.05) is 42.5 Å². The molecule has 3 heteroatoms. The zero-order valence-electron chi connectivity index (χ0n) is 10.7. The van der Waals surface area contributed by atoms with Crippen molar-refractivity contribution in [1.29, 1.82) is 0 Å². The van der Waals surface area contributed by atoms with E-state index in [0.717, 1.165) is 6.42 Å². The molecule has 2 N–H and O–H groups in total. The van der Waals surface area contributed by atoms with E-state index in [4.69, 9.17) is 10.5 Å². The molecule has 0 aliphatic heterocycles. The van der Waals surface area contributed by atoms with Gasteiger partial charge in [-0.15, -0.1) is 0 Å². The highest BCUT2D eigenvalue weighted by Gasteiger charge is 2.05. The molecule has 0 fully saturated rings. The van der Waals surface area contributed by atoms with Crippen LogP contribution in [-0.2, 0) is 6.42 Å². The quantitative estimate of drug-likeness (QED) is 0.807. The first-order chi connectivity index (χ1) is 9.29. The molecule has 0 atom stereocenters. The highest BCUT2D eigenvalue weighted by Crippen LogP contribution is 2.13. The van der Waals surface area contributed by atoms with Crippen molar-refractivity contribution in [2.24, 2.45) is 5.73 Å². The van der Waals surface area contributed by atoms with Crippen LogP contribution in [0, 0.1) is 0 Å². The van der Waals surface area contributed by atoms with Crippen LogP contribution in [0.2, 0.25) is 0 Å². The Morgan fingerprint density at radius 2 is 1.68 bits per heavy atom. The predicted octanol–water partition coefficient (Wildman–Crippen LogP) is 2.45. The zero-order valence-corrected chi connectivity index (χ0v) is 10.7. The molecule has 98 valence electrons. The Labute approximate surface area is 113 Å². The van der Waals surface area contributed by atoms with Crippen molar-refractivity contribution < 1.29 is 9.53 Å². The number of rotatable bonds is 6. The molecule has 0 saturated heterocycles. The van der Waals surface area contributed by atoms with E-state index in [-0.39, 0.29) is 12.4 Å². The lowest BCUT2D eigenvalue weighted by molar-refractivity contribution is 0.0921. The van der Waals surface area contributed by atoms with Crippen molar-refractivity contribution in [3.63, 3.8) is 0 Å². The van der Waals surface area contributed by atoms with Crippen molar-refractivity contribution in [3.8, 4) is 5.75 Å². The van der Waals surface area contributed by atoms with E-state index in [1.165, 1.54) is 5.56 Å². The van der Waals surface area contributed by atoms with Gasteiger partial charge < -0.3 is 10.5 Å². The minimum absolute atomic E-state index is 0.0216. The molecule has 0 aliphatic carbocycles. The molecule has 0 spiro atoms. The van der Waals surface area contributed by atoms with Gasteiger partial charge >= 0.3 is 0 Å². The molecule has 0 radical (unpaired) electrons. The average molecular weight is 255 g/mol. The number of carbonyl (C=O) groups is 1. The predicted molar refractivity (Wildman–Crippen MR) is 75.5 cm³/mol. The number of hydrogen-bond acceptors (Lipinski definition) is 3. The number of Topliss-reactive ketones (excluding diaryl/α,β-unsaturated/α-hetero) is 1. The standard InChI is InChI=1S/C16H17NO2/c17-11-10-13-6-8-15(9-7-13)19-12-16(18)14-4-2-1-3-5-14/h1-9H,10-12,17H2. The van der Waals surface area contributed by atoms with E-state index >= 15 is 0 Å². The van der Waals surface area contributed by atoms with Crippen molar-refractivity contribution in [3.05, 3.63) is 65.7 Å². The van der Waals surface area contributed by atoms with E-state index in [9.17, 15) is 4.79 Å². The van der Waals surface area contributed by atoms with E-state index in [1.54, 1.807) is 12.1 Å². The van der Waals surface area contributed by atoms with Gasteiger partial charge in [0.1, 0.15) is 5.75 Å². The van der Waals surface area contributed by atoms with Crippen molar-refractivity contribution in [2.45, 2.75) is 6.42 Å². The summed E-state index contributed by atoms with van der Waals surface area (Å²) in [5.74, 6) is 0.677. The minimum Gasteiger partial charge on any atom is -0.485 e. The summed E-state index contributed by atoms with van der Waals surface area (Å²) in [5.41, 5.74) is 7.32. The highest BCUT2D eigenvalue weighted by atomic mass is 16.5. The second-order valence-corrected chi connectivity index (χ2v) is 4.26. The SMILES string of the molecule is NCCc1ccc(OCC(=O)c2ccccc2)cc1. The summed E-state index contributed by atoms with van der Waals surface area (Å²) in [7, 11) is 0. The molecule has 0 saturated carbocycles. The summed E-state index contributed by atoms with van der Waals surface area (Å²) in [4.78, 5) is 11.8. The van der Waals surface area contributed by atoms with Crippen LogP contribution in [0.15, 0.2) is 54.6 Å². The first-order valence-corrected chi connectivity index (χ1v) is 6.29. The molecule has 2 aromatic rings. The lowest BCUT2D eigenvalue weighted by Gasteiger charge is -2.06. The van der Waals surface area contributed by atoms with Gasteiger partial charge in [0.05, 0.1) is 0 Å². The molecule has 0 aromatic heterocycles. The fraction of sp³-hybridized carbons (Fsp3) is 0.188. The Kier molecular flexibility index (Phi) is 4.70. The highest BCUT2D eigenvalue weighted by molar-refractivity contribution is 5.97. The molecule has 0 bridgehead atoms. The molecule has 0 amide bonds. The third kappa shape index (κ3) is 3.93. The Balaban J connectivity index is 1.90. The summed E-state index contributed by atoms with van der Waals surface area (Å²) in [6.45, 7) is 0.687. The molecule has 19 heavy (non-hydrogen) atoms. The first kappa shape index (κ1) is 13.3. The van der Waals surface area contributed by atoms with Crippen LogP contribution < -0.4 is 10.5 Å². The molecule has 0 unspecified atom stereocenters. The third-order valence-electron chi connectivity index (χ3n) is 2.82.